The van der Waals surface area contributed by atoms with Gasteiger partial charge in [-0.2, -0.15) is 8.78 Å². The van der Waals surface area contributed by atoms with E-state index in [1.165, 1.54) is 28.3 Å². The van der Waals surface area contributed by atoms with Crippen LogP contribution >= 0.6 is 27.3 Å². The minimum atomic E-state index is -2.01. The number of thiophene rings is 1. The SMILES string of the molecule is NC(=O)OCC(Cn1ccn(Cc2ccc(Br)s2)c1=O)=C(F)F. The number of carbonyl (C=O) groups excluding carboxylic acids is 1. The lowest BCUT2D eigenvalue weighted by atomic mass is 10.3. The van der Waals surface area contributed by atoms with E-state index < -0.39 is 30.0 Å². The summed E-state index contributed by atoms with van der Waals surface area (Å²) in [7, 11) is 0. The van der Waals surface area contributed by atoms with Crippen molar-refractivity contribution in [2.45, 2.75) is 13.1 Å². The highest BCUT2D eigenvalue weighted by Crippen LogP contribution is 2.22. The molecule has 0 aliphatic carbocycles. The third-order valence-corrected chi connectivity index (χ3v) is 4.50. The molecule has 1 amide bonds. The van der Waals surface area contributed by atoms with Crippen LogP contribution in [0.1, 0.15) is 4.88 Å². The van der Waals surface area contributed by atoms with Gasteiger partial charge in [0.1, 0.15) is 6.61 Å². The van der Waals surface area contributed by atoms with Crippen molar-refractivity contribution in [1.29, 1.82) is 0 Å². The van der Waals surface area contributed by atoms with Crippen LogP contribution in [0.3, 0.4) is 0 Å². The van der Waals surface area contributed by atoms with Gasteiger partial charge in [0.2, 0.25) is 0 Å². The van der Waals surface area contributed by atoms with Crippen molar-refractivity contribution in [1.82, 2.24) is 9.13 Å². The van der Waals surface area contributed by atoms with Crippen molar-refractivity contribution < 1.29 is 18.3 Å². The van der Waals surface area contributed by atoms with Crippen LogP contribution in [-0.4, -0.2) is 21.8 Å². The van der Waals surface area contributed by atoms with Gasteiger partial charge in [-0.25, -0.2) is 9.59 Å². The molecule has 0 aromatic carbocycles. The summed E-state index contributed by atoms with van der Waals surface area (Å²) in [5.41, 5.74) is 3.83. The van der Waals surface area contributed by atoms with E-state index in [0.717, 1.165) is 13.2 Å². The van der Waals surface area contributed by atoms with Crippen molar-refractivity contribution in [3.63, 3.8) is 0 Å². The van der Waals surface area contributed by atoms with Crippen LogP contribution in [-0.2, 0) is 17.8 Å². The number of primary amides is 1. The average molecular weight is 408 g/mol. The normalized spacial score (nSPS) is 10.6. The summed E-state index contributed by atoms with van der Waals surface area (Å²) in [6.07, 6.45) is -0.248. The summed E-state index contributed by atoms with van der Waals surface area (Å²) in [4.78, 5) is 23.7. The largest absolute Gasteiger partial charge is 0.445 e. The smallest absolute Gasteiger partial charge is 0.404 e. The van der Waals surface area contributed by atoms with Gasteiger partial charge in [-0.3, -0.25) is 9.13 Å². The second-order valence-corrected chi connectivity index (χ2v) is 7.06. The molecular weight excluding hydrogens is 396 g/mol. The first-order chi connectivity index (χ1) is 10.9. The summed E-state index contributed by atoms with van der Waals surface area (Å²) in [6, 6.07) is 3.73. The van der Waals surface area contributed by atoms with E-state index in [2.05, 4.69) is 20.7 Å². The van der Waals surface area contributed by atoms with E-state index in [9.17, 15) is 18.4 Å². The molecule has 0 unspecified atom stereocenters. The Balaban J connectivity index is 2.13. The highest BCUT2D eigenvalue weighted by atomic mass is 79.9. The number of imidazole rings is 1. The van der Waals surface area contributed by atoms with Crippen LogP contribution in [0, 0.1) is 0 Å². The van der Waals surface area contributed by atoms with Gasteiger partial charge in [0, 0.05) is 17.3 Å². The summed E-state index contributed by atoms with van der Waals surface area (Å²) < 4.78 is 33.5. The maximum atomic E-state index is 12.8. The van der Waals surface area contributed by atoms with Crippen LogP contribution in [0.5, 0.6) is 0 Å². The zero-order chi connectivity index (χ0) is 17.0. The molecule has 2 aromatic heterocycles. The molecule has 0 aliphatic heterocycles. The average Bonchev–Trinajstić information content (AvgIpc) is 3.03. The molecule has 0 saturated heterocycles. The van der Waals surface area contributed by atoms with E-state index in [4.69, 9.17) is 5.73 Å². The predicted octanol–water partition coefficient (Wildman–Crippen LogP) is 2.77. The Morgan fingerprint density at radius 2 is 2.00 bits per heavy atom. The predicted molar refractivity (Wildman–Crippen MR) is 84.6 cm³/mol. The molecule has 2 heterocycles. The van der Waals surface area contributed by atoms with E-state index in [1.807, 2.05) is 12.1 Å². The number of nitrogens with zero attached hydrogens (tertiary/aromatic N) is 2. The molecule has 23 heavy (non-hydrogen) atoms. The highest BCUT2D eigenvalue weighted by molar-refractivity contribution is 9.11. The van der Waals surface area contributed by atoms with Crippen LogP contribution in [0.25, 0.3) is 0 Å². The minimum Gasteiger partial charge on any atom is -0.445 e. The van der Waals surface area contributed by atoms with Crippen molar-refractivity contribution in [3.05, 3.63) is 55.3 Å². The fourth-order valence-corrected chi connectivity index (χ4v) is 3.30. The monoisotopic (exact) mass is 407 g/mol. The fraction of sp³-hybridized carbons (Fsp3) is 0.231. The maximum absolute atomic E-state index is 12.8. The molecule has 0 spiro atoms. The summed E-state index contributed by atoms with van der Waals surface area (Å²) >= 11 is 4.81. The van der Waals surface area contributed by atoms with Crippen LogP contribution in [0.4, 0.5) is 13.6 Å². The van der Waals surface area contributed by atoms with E-state index in [-0.39, 0.29) is 6.54 Å². The number of ether oxygens (including phenoxy) is 1. The van der Waals surface area contributed by atoms with Crippen LogP contribution in [0.2, 0.25) is 0 Å². The molecule has 6 nitrogen and oxygen atoms in total. The number of amides is 1. The van der Waals surface area contributed by atoms with Gasteiger partial charge in [-0.1, -0.05) is 0 Å². The van der Waals surface area contributed by atoms with Crippen molar-refractivity contribution in [2.24, 2.45) is 5.73 Å². The summed E-state index contributed by atoms with van der Waals surface area (Å²) in [5, 5.41) is 0. The number of nitrogens with two attached hydrogens (primary N) is 1. The lowest BCUT2D eigenvalue weighted by Gasteiger charge is -2.06. The number of halogens is 3. The molecule has 0 atom stereocenters. The lowest BCUT2D eigenvalue weighted by Crippen LogP contribution is -2.26. The van der Waals surface area contributed by atoms with Gasteiger partial charge >= 0.3 is 11.8 Å². The van der Waals surface area contributed by atoms with Gasteiger partial charge < -0.3 is 10.5 Å². The van der Waals surface area contributed by atoms with Crippen LogP contribution < -0.4 is 11.4 Å². The molecule has 0 aliphatic rings. The number of carbonyl (C=O) groups is 1. The number of aromatic nitrogens is 2. The molecule has 0 fully saturated rings. The third-order valence-electron chi connectivity index (χ3n) is 2.89. The highest BCUT2D eigenvalue weighted by Gasteiger charge is 2.13. The Morgan fingerprint density at radius 1 is 1.30 bits per heavy atom. The molecule has 0 radical (unpaired) electrons. The fourth-order valence-electron chi connectivity index (χ4n) is 1.82. The topological polar surface area (TPSA) is 79.2 Å². The number of hydrogen-bond donors (Lipinski definition) is 1. The standard InChI is InChI=1S/C13H12BrF2N3O3S/c14-10-2-1-9(23-10)6-19-4-3-18(13(19)21)5-8(11(15)16)7-22-12(17)20/h1-4H,5-7H2,(H2,17,20). The Morgan fingerprint density at radius 3 is 2.57 bits per heavy atom. The quantitative estimate of drug-likeness (QED) is 0.799. The van der Waals surface area contributed by atoms with E-state index in [0.29, 0.717) is 6.54 Å². The van der Waals surface area contributed by atoms with E-state index >= 15 is 0 Å². The first-order valence-electron chi connectivity index (χ1n) is 6.32. The first kappa shape index (κ1) is 17.4. The number of rotatable bonds is 6. The molecule has 0 saturated carbocycles. The van der Waals surface area contributed by atoms with Crippen LogP contribution in [0.15, 0.2) is 44.8 Å². The molecule has 2 N–H and O–H groups in total. The molecular formula is C13H12BrF2N3O3S. The second-order valence-electron chi connectivity index (χ2n) is 4.51. The Labute approximate surface area is 141 Å². The van der Waals surface area contributed by atoms with E-state index in [1.54, 1.807) is 0 Å². The zero-order valence-electron chi connectivity index (χ0n) is 11.7. The van der Waals surface area contributed by atoms with Crippen molar-refractivity contribution in [2.75, 3.05) is 6.61 Å². The van der Waals surface area contributed by atoms with Gasteiger partial charge in [-0.05, 0) is 28.1 Å². The Bertz CT molecular complexity index is 792. The van der Waals surface area contributed by atoms with Gasteiger partial charge in [0.05, 0.1) is 22.4 Å². The Kier molecular flexibility index (Phi) is 5.72. The number of hydrogen-bond acceptors (Lipinski definition) is 4. The van der Waals surface area contributed by atoms with Gasteiger partial charge in [0.25, 0.3) is 6.08 Å². The lowest BCUT2D eigenvalue weighted by molar-refractivity contribution is 0.163. The zero-order valence-corrected chi connectivity index (χ0v) is 14.1. The summed E-state index contributed by atoms with van der Waals surface area (Å²) in [6.45, 7) is -0.695. The molecule has 2 rings (SSSR count). The maximum Gasteiger partial charge on any atom is 0.404 e. The molecule has 124 valence electrons. The molecule has 2 aromatic rings. The van der Waals surface area contributed by atoms with Gasteiger partial charge in [0.15, 0.2) is 0 Å². The Hall–Kier alpha value is -1.94. The minimum absolute atomic E-state index is 0.344. The van der Waals surface area contributed by atoms with Crippen molar-refractivity contribution >= 4 is 33.4 Å². The van der Waals surface area contributed by atoms with Gasteiger partial charge in [-0.15, -0.1) is 11.3 Å². The van der Waals surface area contributed by atoms with Crippen molar-refractivity contribution in [3.8, 4) is 0 Å². The first-order valence-corrected chi connectivity index (χ1v) is 7.93. The molecule has 10 heteroatoms. The second kappa shape index (κ2) is 7.55. The summed E-state index contributed by atoms with van der Waals surface area (Å²) in [5.74, 6) is 0. The third kappa shape index (κ3) is 4.76. The molecule has 0 bridgehead atoms.